The molecule has 0 bridgehead atoms. The largest absolute Gasteiger partial charge is 0.423 e. The maximum atomic E-state index is 12.1. The van der Waals surface area contributed by atoms with Gasteiger partial charge < -0.3 is 4.74 Å². The molecule has 3 aromatic carbocycles. The minimum atomic E-state index is -0.514. The monoisotopic (exact) mass is 404 g/mol. The number of ether oxygens (including phenoxy) is 1. The van der Waals surface area contributed by atoms with E-state index in [1.54, 1.807) is 54.6 Å². The number of halogens is 1. The predicted molar refractivity (Wildman–Crippen MR) is 114 cm³/mol. The van der Waals surface area contributed by atoms with Gasteiger partial charge in [0.2, 0.25) is 0 Å². The van der Waals surface area contributed by atoms with Gasteiger partial charge in [-0.15, -0.1) is 0 Å². The Labute approximate surface area is 173 Å². The van der Waals surface area contributed by atoms with Crippen LogP contribution in [0.1, 0.15) is 21.5 Å². The molecule has 0 heterocycles. The quantitative estimate of drug-likeness (QED) is 0.212. The van der Waals surface area contributed by atoms with Crippen molar-refractivity contribution in [2.45, 2.75) is 0 Å². The fourth-order valence-electron chi connectivity index (χ4n) is 2.38. The molecule has 0 aliphatic carbocycles. The van der Waals surface area contributed by atoms with E-state index in [0.29, 0.717) is 21.9 Å². The molecule has 1 N–H and O–H groups in total. The third-order valence-electron chi connectivity index (χ3n) is 3.82. The number of para-hydroxylation sites is 1. The molecule has 5 nitrogen and oxygen atoms in total. The number of rotatable bonds is 6. The Morgan fingerprint density at radius 3 is 2.34 bits per heavy atom. The highest BCUT2D eigenvalue weighted by Gasteiger charge is 2.06. The van der Waals surface area contributed by atoms with Crippen molar-refractivity contribution in [3.63, 3.8) is 0 Å². The van der Waals surface area contributed by atoms with E-state index in [2.05, 4.69) is 10.5 Å². The van der Waals surface area contributed by atoms with Crippen LogP contribution in [-0.2, 0) is 4.79 Å². The zero-order chi connectivity index (χ0) is 20.5. The highest BCUT2D eigenvalue weighted by atomic mass is 35.5. The highest BCUT2D eigenvalue weighted by Crippen LogP contribution is 2.16. The molecule has 6 heteroatoms. The average Bonchev–Trinajstić information content (AvgIpc) is 2.74. The van der Waals surface area contributed by atoms with Crippen LogP contribution in [0.3, 0.4) is 0 Å². The topological polar surface area (TPSA) is 67.8 Å². The molecule has 144 valence electrons. The minimum absolute atomic E-state index is 0.333. The van der Waals surface area contributed by atoms with Crippen molar-refractivity contribution in [2.24, 2.45) is 5.10 Å². The second-order valence-corrected chi connectivity index (χ2v) is 6.35. The summed E-state index contributed by atoms with van der Waals surface area (Å²) in [7, 11) is 0. The van der Waals surface area contributed by atoms with Crippen LogP contribution >= 0.6 is 11.6 Å². The van der Waals surface area contributed by atoms with E-state index in [9.17, 15) is 9.59 Å². The molecule has 0 atom stereocenters. The van der Waals surface area contributed by atoms with E-state index in [4.69, 9.17) is 16.3 Å². The van der Waals surface area contributed by atoms with Crippen molar-refractivity contribution in [3.05, 3.63) is 107 Å². The van der Waals surface area contributed by atoms with Crippen molar-refractivity contribution in [1.29, 1.82) is 0 Å². The van der Waals surface area contributed by atoms with E-state index in [1.165, 1.54) is 12.3 Å². The molecule has 0 spiro atoms. The molecule has 1 amide bonds. The lowest BCUT2D eigenvalue weighted by atomic mass is 10.2. The fraction of sp³-hybridized carbons (Fsp3) is 0. The lowest BCUT2D eigenvalue weighted by molar-refractivity contribution is -0.128. The Balaban J connectivity index is 1.63. The Bertz CT molecular complexity index is 1050. The van der Waals surface area contributed by atoms with E-state index in [0.717, 1.165) is 5.56 Å². The summed E-state index contributed by atoms with van der Waals surface area (Å²) in [5.74, 6) is -0.558. The number of benzene rings is 3. The summed E-state index contributed by atoms with van der Waals surface area (Å²) < 4.78 is 5.38. The fourth-order valence-corrected chi connectivity index (χ4v) is 2.50. The number of hydrogen-bond donors (Lipinski definition) is 1. The average molecular weight is 405 g/mol. The number of hydrogen-bond acceptors (Lipinski definition) is 4. The van der Waals surface area contributed by atoms with Crippen molar-refractivity contribution >= 4 is 35.8 Å². The lowest BCUT2D eigenvalue weighted by Crippen LogP contribution is -2.17. The van der Waals surface area contributed by atoms with Gasteiger partial charge in [0.05, 0.1) is 6.21 Å². The number of nitrogens with zero attached hydrogens (tertiary/aromatic N) is 1. The number of nitrogens with one attached hydrogen (secondary N) is 1. The van der Waals surface area contributed by atoms with Crippen molar-refractivity contribution in [2.75, 3.05) is 0 Å². The van der Waals surface area contributed by atoms with Crippen LogP contribution in [0, 0.1) is 0 Å². The summed E-state index contributed by atoms with van der Waals surface area (Å²) in [5, 5.41) is 4.48. The third-order valence-corrected chi connectivity index (χ3v) is 4.07. The second-order valence-electron chi connectivity index (χ2n) is 5.91. The minimum Gasteiger partial charge on any atom is -0.423 e. The van der Waals surface area contributed by atoms with E-state index >= 15 is 0 Å². The van der Waals surface area contributed by atoms with Crippen molar-refractivity contribution in [1.82, 2.24) is 5.43 Å². The van der Waals surface area contributed by atoms with Gasteiger partial charge in [-0.3, -0.25) is 4.79 Å². The summed E-state index contributed by atoms with van der Waals surface area (Å²) in [4.78, 5) is 24.2. The zero-order valence-electron chi connectivity index (χ0n) is 15.3. The van der Waals surface area contributed by atoms with Crippen LogP contribution in [0.4, 0.5) is 0 Å². The van der Waals surface area contributed by atoms with E-state index in [-0.39, 0.29) is 5.91 Å². The number of hydrazone groups is 1. The van der Waals surface area contributed by atoms with Crippen LogP contribution in [-0.4, -0.2) is 18.1 Å². The summed E-state index contributed by atoms with van der Waals surface area (Å²) in [6.45, 7) is 0. The van der Waals surface area contributed by atoms with Gasteiger partial charge in [-0.1, -0.05) is 54.1 Å². The molecule has 29 heavy (non-hydrogen) atoms. The molecule has 3 rings (SSSR count). The van der Waals surface area contributed by atoms with Crippen LogP contribution in [0.5, 0.6) is 5.75 Å². The zero-order valence-corrected chi connectivity index (χ0v) is 16.0. The normalized spacial score (nSPS) is 10.9. The molecule has 0 saturated carbocycles. The van der Waals surface area contributed by atoms with Crippen molar-refractivity contribution in [3.8, 4) is 5.75 Å². The van der Waals surface area contributed by atoms with Gasteiger partial charge in [0.25, 0.3) is 5.91 Å². The van der Waals surface area contributed by atoms with Gasteiger partial charge in [0, 0.05) is 22.2 Å². The summed E-state index contributed by atoms with van der Waals surface area (Å²) in [6.07, 6.45) is 4.44. The van der Waals surface area contributed by atoms with Gasteiger partial charge in [-0.25, -0.2) is 10.2 Å². The number of carbonyl (C=O) groups is 2. The Morgan fingerprint density at radius 1 is 0.897 bits per heavy atom. The summed E-state index contributed by atoms with van der Waals surface area (Å²) >= 11 is 5.81. The van der Waals surface area contributed by atoms with Gasteiger partial charge in [0.1, 0.15) is 5.75 Å². The molecule has 0 aromatic heterocycles. The number of amides is 1. The van der Waals surface area contributed by atoms with Crippen LogP contribution in [0.15, 0.2) is 90.0 Å². The van der Waals surface area contributed by atoms with E-state index in [1.807, 2.05) is 30.3 Å². The maximum Gasteiger partial charge on any atom is 0.336 e. The molecule has 0 radical (unpaired) electrons. The first-order chi connectivity index (χ1) is 14.1. The lowest BCUT2D eigenvalue weighted by Gasteiger charge is -2.05. The van der Waals surface area contributed by atoms with Crippen LogP contribution < -0.4 is 10.2 Å². The summed E-state index contributed by atoms with van der Waals surface area (Å²) in [5.41, 5.74) is 4.29. The molecule has 0 aliphatic rings. The van der Waals surface area contributed by atoms with E-state index < -0.39 is 5.97 Å². The maximum absolute atomic E-state index is 12.1. The van der Waals surface area contributed by atoms with Gasteiger partial charge in [-0.2, -0.15) is 5.10 Å². The van der Waals surface area contributed by atoms with Crippen molar-refractivity contribution < 1.29 is 14.3 Å². The van der Waals surface area contributed by atoms with Gasteiger partial charge >= 0.3 is 5.97 Å². The van der Waals surface area contributed by atoms with Gasteiger partial charge in [-0.05, 0) is 48.0 Å². The first-order valence-electron chi connectivity index (χ1n) is 8.75. The number of carbonyl (C=O) groups excluding carboxylic acids is 2. The molecule has 0 unspecified atom stereocenters. The predicted octanol–water partition coefficient (Wildman–Crippen LogP) is 4.72. The molecule has 3 aromatic rings. The number of esters is 1. The third kappa shape index (κ3) is 6.16. The van der Waals surface area contributed by atoms with Gasteiger partial charge in [0.15, 0.2) is 0 Å². The smallest absolute Gasteiger partial charge is 0.336 e. The first-order valence-corrected chi connectivity index (χ1v) is 9.12. The SMILES string of the molecule is O=C(C=Cc1ccccc1)Oc1ccccc1C=NNC(=O)c1ccc(Cl)cc1. The molecular weight excluding hydrogens is 388 g/mol. The standard InChI is InChI=1S/C23H17ClN2O3/c24-20-13-11-18(12-14-20)23(28)26-25-16-19-8-4-5-9-21(19)29-22(27)15-10-17-6-2-1-3-7-17/h1-16H,(H,26,28). The molecular formula is C23H17ClN2O3. The van der Waals surface area contributed by atoms with Crippen LogP contribution in [0.25, 0.3) is 6.08 Å². The highest BCUT2D eigenvalue weighted by molar-refractivity contribution is 6.30. The molecule has 0 saturated heterocycles. The Hall–Kier alpha value is -3.70. The molecule has 0 fully saturated rings. The Kier molecular flexibility index (Phi) is 6.92. The van der Waals surface area contributed by atoms with Crippen LogP contribution in [0.2, 0.25) is 5.02 Å². The second kappa shape index (κ2) is 10.0. The first kappa shape index (κ1) is 20.0. The Morgan fingerprint density at radius 2 is 1.59 bits per heavy atom. The molecule has 0 aliphatic heterocycles. The summed E-state index contributed by atoms with van der Waals surface area (Å²) in [6, 6.07) is 22.8.